The molecule has 1 amide bonds. The molecule has 184 valence electrons. The van der Waals surface area contributed by atoms with Gasteiger partial charge in [-0.3, -0.25) is 9.59 Å². The fourth-order valence-electron chi connectivity index (χ4n) is 3.93. The molecule has 0 spiro atoms. The summed E-state index contributed by atoms with van der Waals surface area (Å²) in [5.74, 6) is 0.625. The fraction of sp³-hybridized carbons (Fsp3) is 0.226. The van der Waals surface area contributed by atoms with Crippen LogP contribution in [0.15, 0.2) is 103 Å². The summed E-state index contributed by atoms with van der Waals surface area (Å²) in [5.41, 5.74) is 3.83. The van der Waals surface area contributed by atoms with Crippen LogP contribution < -0.4 is 10.1 Å². The van der Waals surface area contributed by atoms with Crippen molar-refractivity contribution in [3.63, 3.8) is 0 Å². The third-order valence-electron chi connectivity index (χ3n) is 5.90. The van der Waals surface area contributed by atoms with Gasteiger partial charge in [0.25, 0.3) is 0 Å². The van der Waals surface area contributed by atoms with Crippen molar-refractivity contribution in [3.8, 4) is 11.5 Å². The Labute approximate surface area is 212 Å². The number of carbonyl (C=O) groups is 2. The van der Waals surface area contributed by atoms with Crippen molar-refractivity contribution >= 4 is 17.4 Å². The minimum absolute atomic E-state index is 0.0260. The van der Waals surface area contributed by atoms with Gasteiger partial charge in [0.2, 0.25) is 5.91 Å². The van der Waals surface area contributed by atoms with Gasteiger partial charge in [-0.2, -0.15) is 0 Å². The maximum Gasteiger partial charge on any atom is 0.230 e. The molecular formula is C31H31NO4. The number of hydrogen-bond acceptors (Lipinski definition) is 4. The summed E-state index contributed by atoms with van der Waals surface area (Å²) in [6, 6.07) is 24.8. The van der Waals surface area contributed by atoms with E-state index >= 15 is 0 Å². The number of benzene rings is 3. The van der Waals surface area contributed by atoms with E-state index in [9.17, 15) is 9.59 Å². The molecule has 0 bridgehead atoms. The summed E-state index contributed by atoms with van der Waals surface area (Å²) in [6.07, 6.45) is 7.36. The lowest BCUT2D eigenvalue weighted by Gasteiger charge is -2.17. The van der Waals surface area contributed by atoms with Gasteiger partial charge in [0.1, 0.15) is 17.3 Å². The van der Waals surface area contributed by atoms with Gasteiger partial charge < -0.3 is 14.8 Å². The first-order valence-corrected chi connectivity index (χ1v) is 12.2. The maximum atomic E-state index is 13.1. The summed E-state index contributed by atoms with van der Waals surface area (Å²) in [4.78, 5) is 25.8. The number of Topliss-reactive ketones (excluding diaryl/α,β-unsaturated/α-hetero) is 1. The number of ether oxygens (including phenoxy) is 2. The summed E-state index contributed by atoms with van der Waals surface area (Å²) in [7, 11) is 0. The van der Waals surface area contributed by atoms with Gasteiger partial charge in [-0.15, -0.1) is 0 Å². The van der Waals surface area contributed by atoms with Crippen molar-refractivity contribution in [1.82, 2.24) is 0 Å². The second kappa shape index (κ2) is 12.7. The highest BCUT2D eigenvalue weighted by Gasteiger charge is 2.23. The zero-order valence-electron chi connectivity index (χ0n) is 20.5. The van der Waals surface area contributed by atoms with Crippen molar-refractivity contribution < 1.29 is 19.1 Å². The Morgan fingerprint density at radius 1 is 0.917 bits per heavy atom. The molecule has 0 fully saturated rings. The van der Waals surface area contributed by atoms with Crippen molar-refractivity contribution in [2.24, 2.45) is 5.92 Å². The fourth-order valence-corrected chi connectivity index (χ4v) is 3.93. The average molecular weight is 482 g/mol. The van der Waals surface area contributed by atoms with Crippen LogP contribution in [-0.2, 0) is 20.9 Å². The SMILES string of the molecule is Cc1ccc(Oc2ccc(NC(=O)C(COCc3ccccc3)CC(=O)CC3=CCC=C3)cc2)cc1. The summed E-state index contributed by atoms with van der Waals surface area (Å²) in [5, 5.41) is 2.93. The first-order chi connectivity index (χ1) is 17.5. The van der Waals surface area contributed by atoms with Crippen molar-refractivity contribution in [1.29, 1.82) is 0 Å². The van der Waals surface area contributed by atoms with Crippen LogP contribution in [0.2, 0.25) is 0 Å². The van der Waals surface area contributed by atoms with Gasteiger partial charge in [0, 0.05) is 18.5 Å². The van der Waals surface area contributed by atoms with Crippen LogP contribution in [0.25, 0.3) is 0 Å². The Morgan fingerprint density at radius 2 is 1.61 bits per heavy atom. The molecule has 0 radical (unpaired) electrons. The number of ketones is 1. The summed E-state index contributed by atoms with van der Waals surface area (Å²) < 4.78 is 11.7. The molecular weight excluding hydrogens is 450 g/mol. The number of hydrogen-bond donors (Lipinski definition) is 1. The second-order valence-electron chi connectivity index (χ2n) is 8.96. The smallest absolute Gasteiger partial charge is 0.230 e. The van der Waals surface area contributed by atoms with E-state index < -0.39 is 5.92 Å². The lowest BCUT2D eigenvalue weighted by molar-refractivity contribution is -0.128. The minimum Gasteiger partial charge on any atom is -0.457 e. The number of aryl methyl sites for hydroxylation is 1. The van der Waals surface area contributed by atoms with Gasteiger partial charge in [0.15, 0.2) is 0 Å². The van der Waals surface area contributed by atoms with E-state index in [0.717, 1.165) is 28.9 Å². The number of amides is 1. The first kappa shape index (κ1) is 25.1. The molecule has 0 aliphatic heterocycles. The standard InChI is InChI=1S/C31H31NO4/c1-23-11-15-29(16-12-23)36-30-17-13-27(14-18-30)32-31(34)26(20-28(33)19-24-7-5-6-8-24)22-35-21-25-9-3-2-4-10-25/h2-5,7-18,26H,6,19-22H2,1H3,(H,32,34). The predicted molar refractivity (Wildman–Crippen MR) is 142 cm³/mol. The van der Waals surface area contributed by atoms with Gasteiger partial charge in [0.05, 0.1) is 19.1 Å². The highest BCUT2D eigenvalue weighted by Crippen LogP contribution is 2.24. The molecule has 0 heterocycles. The van der Waals surface area contributed by atoms with Crippen molar-refractivity contribution in [2.45, 2.75) is 32.8 Å². The third kappa shape index (κ3) is 7.79. The lowest BCUT2D eigenvalue weighted by atomic mass is 9.98. The van der Waals surface area contributed by atoms with Crippen LogP contribution in [0.1, 0.15) is 30.4 Å². The molecule has 1 N–H and O–H groups in total. The largest absolute Gasteiger partial charge is 0.457 e. The molecule has 1 atom stereocenters. The number of nitrogens with one attached hydrogen (secondary N) is 1. The highest BCUT2D eigenvalue weighted by atomic mass is 16.5. The lowest BCUT2D eigenvalue weighted by Crippen LogP contribution is -2.29. The van der Waals surface area contributed by atoms with E-state index in [2.05, 4.69) is 5.32 Å². The Bertz CT molecular complexity index is 1210. The van der Waals surface area contributed by atoms with Crippen LogP contribution >= 0.6 is 0 Å². The molecule has 4 rings (SSSR count). The van der Waals surface area contributed by atoms with E-state index in [-0.39, 0.29) is 24.7 Å². The molecule has 0 saturated heterocycles. The molecule has 36 heavy (non-hydrogen) atoms. The van der Waals surface area contributed by atoms with Crippen LogP contribution in [0, 0.1) is 12.8 Å². The Balaban J connectivity index is 1.36. The van der Waals surface area contributed by atoms with Gasteiger partial charge in [-0.25, -0.2) is 0 Å². The van der Waals surface area contributed by atoms with E-state index in [1.807, 2.05) is 79.7 Å². The quantitative estimate of drug-likeness (QED) is 0.309. The van der Waals surface area contributed by atoms with E-state index in [1.54, 1.807) is 24.3 Å². The van der Waals surface area contributed by atoms with E-state index in [1.165, 1.54) is 0 Å². The van der Waals surface area contributed by atoms with Crippen LogP contribution in [0.5, 0.6) is 11.5 Å². The number of carbonyl (C=O) groups excluding carboxylic acids is 2. The molecule has 3 aromatic carbocycles. The topological polar surface area (TPSA) is 64.6 Å². The summed E-state index contributed by atoms with van der Waals surface area (Å²) in [6.45, 7) is 2.57. The molecule has 0 saturated carbocycles. The Kier molecular flexibility index (Phi) is 8.84. The number of anilines is 1. The highest BCUT2D eigenvalue weighted by molar-refractivity contribution is 5.96. The normalized spacial score (nSPS) is 13.2. The maximum absolute atomic E-state index is 13.1. The monoisotopic (exact) mass is 481 g/mol. The van der Waals surface area contributed by atoms with Gasteiger partial charge in [-0.05, 0) is 60.9 Å². The molecule has 5 nitrogen and oxygen atoms in total. The predicted octanol–water partition coefficient (Wildman–Crippen LogP) is 6.79. The number of rotatable bonds is 12. The minimum atomic E-state index is -0.587. The molecule has 3 aromatic rings. The molecule has 1 aliphatic rings. The zero-order valence-corrected chi connectivity index (χ0v) is 20.5. The van der Waals surface area contributed by atoms with Crippen molar-refractivity contribution in [3.05, 3.63) is 114 Å². The van der Waals surface area contributed by atoms with Crippen LogP contribution in [0.3, 0.4) is 0 Å². The molecule has 1 aliphatic carbocycles. The average Bonchev–Trinajstić information content (AvgIpc) is 3.39. The second-order valence-corrected chi connectivity index (χ2v) is 8.96. The summed E-state index contributed by atoms with van der Waals surface area (Å²) >= 11 is 0. The third-order valence-corrected chi connectivity index (χ3v) is 5.90. The zero-order chi connectivity index (χ0) is 25.2. The van der Waals surface area contributed by atoms with Gasteiger partial charge >= 0.3 is 0 Å². The molecule has 0 aromatic heterocycles. The van der Waals surface area contributed by atoms with E-state index in [0.29, 0.717) is 24.5 Å². The van der Waals surface area contributed by atoms with E-state index in [4.69, 9.17) is 9.47 Å². The van der Waals surface area contributed by atoms with Crippen LogP contribution in [0.4, 0.5) is 5.69 Å². The molecule has 5 heteroatoms. The first-order valence-electron chi connectivity index (χ1n) is 12.2. The Hall–Kier alpha value is -3.96. The van der Waals surface area contributed by atoms with Gasteiger partial charge in [-0.1, -0.05) is 66.3 Å². The number of allylic oxidation sites excluding steroid dienone is 4. The molecule has 1 unspecified atom stereocenters. The Morgan fingerprint density at radius 3 is 2.28 bits per heavy atom. The van der Waals surface area contributed by atoms with Crippen molar-refractivity contribution in [2.75, 3.05) is 11.9 Å². The van der Waals surface area contributed by atoms with Crippen LogP contribution in [-0.4, -0.2) is 18.3 Å².